The highest BCUT2D eigenvalue weighted by Gasteiger charge is 2.03. The van der Waals surface area contributed by atoms with Gasteiger partial charge in [-0.3, -0.25) is 0 Å². The van der Waals surface area contributed by atoms with Gasteiger partial charge >= 0.3 is 6.03 Å². The molecule has 0 unspecified atom stereocenters. The molecule has 0 aliphatic carbocycles. The molecule has 3 nitrogen and oxygen atoms in total. The van der Waals surface area contributed by atoms with Gasteiger partial charge in [-0.2, -0.15) is 0 Å². The molecule has 0 aromatic heterocycles. The van der Waals surface area contributed by atoms with Crippen molar-refractivity contribution >= 4 is 33.6 Å². The molecule has 2 N–H and O–H groups in total. The van der Waals surface area contributed by atoms with Crippen molar-refractivity contribution in [3.8, 4) is 0 Å². The summed E-state index contributed by atoms with van der Waals surface area (Å²) in [6.07, 6.45) is 0.779. The van der Waals surface area contributed by atoms with Crippen LogP contribution in [0.3, 0.4) is 0 Å². The van der Waals surface area contributed by atoms with Crippen LogP contribution in [0.4, 0.5) is 4.79 Å². The van der Waals surface area contributed by atoms with E-state index in [2.05, 4.69) is 26.6 Å². The molecule has 2 aromatic carbocycles. The molecule has 0 aliphatic heterocycles. The summed E-state index contributed by atoms with van der Waals surface area (Å²) in [7, 11) is 0. The first-order valence-electron chi connectivity index (χ1n) is 6.65. The quantitative estimate of drug-likeness (QED) is 0.819. The largest absolute Gasteiger partial charge is 0.338 e. The van der Waals surface area contributed by atoms with Gasteiger partial charge in [0.15, 0.2) is 0 Å². The lowest BCUT2D eigenvalue weighted by Crippen LogP contribution is -2.36. The maximum absolute atomic E-state index is 11.7. The highest BCUT2D eigenvalue weighted by molar-refractivity contribution is 9.10. The van der Waals surface area contributed by atoms with Crippen molar-refractivity contribution in [2.45, 2.75) is 13.0 Å². The van der Waals surface area contributed by atoms with Gasteiger partial charge in [-0.15, -0.1) is 0 Å². The Morgan fingerprint density at radius 1 is 1.00 bits per heavy atom. The number of hydrogen-bond acceptors (Lipinski definition) is 1. The maximum Gasteiger partial charge on any atom is 0.315 e. The van der Waals surface area contributed by atoms with Crippen LogP contribution in [-0.2, 0) is 13.0 Å². The van der Waals surface area contributed by atoms with Crippen molar-refractivity contribution in [3.63, 3.8) is 0 Å². The van der Waals surface area contributed by atoms with Crippen LogP contribution in [0.25, 0.3) is 0 Å². The minimum Gasteiger partial charge on any atom is -0.338 e. The summed E-state index contributed by atoms with van der Waals surface area (Å²) >= 11 is 9.52. The molecule has 2 rings (SSSR count). The van der Waals surface area contributed by atoms with Crippen molar-refractivity contribution < 1.29 is 4.79 Å². The molecule has 0 heterocycles. The van der Waals surface area contributed by atoms with Crippen LogP contribution >= 0.6 is 27.5 Å². The molecular weight excluding hydrogens is 352 g/mol. The smallest absolute Gasteiger partial charge is 0.315 e. The van der Waals surface area contributed by atoms with Gasteiger partial charge in [0.25, 0.3) is 0 Å². The van der Waals surface area contributed by atoms with E-state index in [4.69, 9.17) is 11.6 Å². The minimum atomic E-state index is -0.193. The molecule has 2 aromatic rings. The van der Waals surface area contributed by atoms with Gasteiger partial charge in [-0.05, 0) is 29.7 Å². The lowest BCUT2D eigenvalue weighted by Gasteiger charge is -2.09. The highest BCUT2D eigenvalue weighted by atomic mass is 79.9. The molecule has 0 fully saturated rings. The third-order valence-electron chi connectivity index (χ3n) is 3.03. The van der Waals surface area contributed by atoms with E-state index in [9.17, 15) is 4.79 Å². The Labute approximate surface area is 137 Å². The Bertz CT molecular complexity index is 619. The number of urea groups is 1. The SMILES string of the molecule is O=C(NCCc1ccccc1Br)NCc1ccccc1Cl. The average molecular weight is 368 g/mol. The normalized spacial score (nSPS) is 10.2. The number of halogens is 2. The molecular formula is C16H16BrClN2O. The maximum atomic E-state index is 11.7. The first-order valence-corrected chi connectivity index (χ1v) is 7.82. The van der Waals surface area contributed by atoms with Gasteiger partial charge in [0.1, 0.15) is 0 Å². The Morgan fingerprint density at radius 2 is 1.67 bits per heavy atom. The topological polar surface area (TPSA) is 41.1 Å². The molecule has 0 saturated carbocycles. The first kappa shape index (κ1) is 15.9. The third-order valence-corrected chi connectivity index (χ3v) is 4.18. The van der Waals surface area contributed by atoms with Gasteiger partial charge in [-0.25, -0.2) is 4.79 Å². The fourth-order valence-electron chi connectivity index (χ4n) is 1.89. The number of rotatable bonds is 5. The third kappa shape index (κ3) is 5.06. The van der Waals surface area contributed by atoms with Gasteiger partial charge in [0.05, 0.1) is 0 Å². The summed E-state index contributed by atoms with van der Waals surface area (Å²) < 4.78 is 1.06. The fourth-order valence-corrected chi connectivity index (χ4v) is 2.58. The number of carbonyl (C=O) groups is 1. The monoisotopic (exact) mass is 366 g/mol. The van der Waals surface area contributed by atoms with E-state index in [1.54, 1.807) is 0 Å². The molecule has 0 bridgehead atoms. The standard InChI is InChI=1S/C16H16BrClN2O/c17-14-7-3-1-5-12(14)9-10-19-16(21)20-11-13-6-2-4-8-15(13)18/h1-8H,9-11H2,(H2,19,20,21). The molecule has 0 radical (unpaired) electrons. The van der Waals surface area contributed by atoms with Crippen molar-refractivity contribution in [1.29, 1.82) is 0 Å². The molecule has 2 amide bonds. The van der Waals surface area contributed by atoms with E-state index < -0.39 is 0 Å². The second-order valence-corrected chi connectivity index (χ2v) is 5.80. The fraction of sp³-hybridized carbons (Fsp3) is 0.188. The van der Waals surface area contributed by atoms with E-state index in [1.165, 1.54) is 5.56 Å². The minimum absolute atomic E-state index is 0.193. The average Bonchev–Trinajstić information content (AvgIpc) is 2.48. The van der Waals surface area contributed by atoms with Crippen molar-refractivity contribution in [1.82, 2.24) is 10.6 Å². The second-order valence-electron chi connectivity index (χ2n) is 4.54. The summed E-state index contributed by atoms with van der Waals surface area (Å²) in [5.74, 6) is 0. The van der Waals surface area contributed by atoms with Crippen LogP contribution in [0.2, 0.25) is 5.02 Å². The number of benzene rings is 2. The van der Waals surface area contributed by atoms with Gasteiger partial charge in [0, 0.05) is 22.6 Å². The molecule has 110 valence electrons. The van der Waals surface area contributed by atoms with E-state index in [-0.39, 0.29) is 6.03 Å². The van der Waals surface area contributed by atoms with Crippen LogP contribution < -0.4 is 10.6 Å². The van der Waals surface area contributed by atoms with Crippen molar-refractivity contribution in [2.75, 3.05) is 6.54 Å². The Balaban J connectivity index is 1.73. The predicted molar refractivity (Wildman–Crippen MR) is 89.5 cm³/mol. The summed E-state index contributed by atoms with van der Waals surface area (Å²) in [5, 5.41) is 6.29. The van der Waals surface area contributed by atoms with Gasteiger partial charge in [-0.1, -0.05) is 63.9 Å². The summed E-state index contributed by atoms with van der Waals surface area (Å²) in [6.45, 7) is 0.998. The zero-order valence-corrected chi connectivity index (χ0v) is 13.7. The number of carbonyl (C=O) groups excluding carboxylic acids is 1. The molecule has 0 atom stereocenters. The lowest BCUT2D eigenvalue weighted by atomic mass is 10.1. The van der Waals surface area contributed by atoms with Gasteiger partial charge < -0.3 is 10.6 Å². The van der Waals surface area contributed by atoms with Crippen LogP contribution in [0, 0.1) is 0 Å². The lowest BCUT2D eigenvalue weighted by molar-refractivity contribution is 0.240. The molecule has 21 heavy (non-hydrogen) atoms. The van der Waals surface area contributed by atoms with Crippen LogP contribution in [-0.4, -0.2) is 12.6 Å². The van der Waals surface area contributed by atoms with E-state index >= 15 is 0 Å². The second kappa shape index (κ2) is 8.05. The van der Waals surface area contributed by atoms with Crippen LogP contribution in [0.5, 0.6) is 0 Å². The Kier molecular flexibility index (Phi) is 6.08. The first-order chi connectivity index (χ1) is 10.2. The summed E-state index contributed by atoms with van der Waals surface area (Å²) in [6, 6.07) is 15.3. The molecule has 0 aliphatic rings. The van der Waals surface area contributed by atoms with Crippen molar-refractivity contribution in [2.24, 2.45) is 0 Å². The number of hydrogen-bond donors (Lipinski definition) is 2. The Morgan fingerprint density at radius 3 is 2.38 bits per heavy atom. The predicted octanol–water partition coefficient (Wildman–Crippen LogP) is 4.14. The van der Waals surface area contributed by atoms with E-state index in [0.717, 1.165) is 16.5 Å². The molecule has 0 saturated heterocycles. The van der Waals surface area contributed by atoms with Crippen LogP contribution in [0.1, 0.15) is 11.1 Å². The zero-order valence-electron chi connectivity index (χ0n) is 11.4. The zero-order chi connectivity index (χ0) is 15.1. The summed E-state index contributed by atoms with van der Waals surface area (Å²) in [4.78, 5) is 11.7. The molecule has 5 heteroatoms. The number of amides is 2. The van der Waals surface area contributed by atoms with Gasteiger partial charge in [0.2, 0.25) is 0 Å². The Hall–Kier alpha value is -1.52. The van der Waals surface area contributed by atoms with E-state index in [1.807, 2.05) is 48.5 Å². The van der Waals surface area contributed by atoms with E-state index in [0.29, 0.717) is 18.1 Å². The molecule has 0 spiro atoms. The van der Waals surface area contributed by atoms with Crippen LogP contribution in [0.15, 0.2) is 53.0 Å². The summed E-state index contributed by atoms with van der Waals surface area (Å²) in [5.41, 5.74) is 2.07. The van der Waals surface area contributed by atoms with Crippen molar-refractivity contribution in [3.05, 3.63) is 69.2 Å². The highest BCUT2D eigenvalue weighted by Crippen LogP contribution is 2.16. The number of nitrogens with one attached hydrogen (secondary N) is 2.